The molecule has 1 saturated heterocycles. The first kappa shape index (κ1) is 22.4. The minimum Gasteiger partial charge on any atom is -0.495 e. The average molecular weight is 462 g/mol. The quantitative estimate of drug-likeness (QED) is 0.441. The van der Waals surface area contributed by atoms with Crippen molar-refractivity contribution in [2.75, 3.05) is 58.4 Å². The molecule has 0 bridgehead atoms. The number of nitrogens with zero attached hydrogens (tertiary/aromatic N) is 5. The maximum atomic E-state index is 12.6. The lowest BCUT2D eigenvalue weighted by molar-refractivity contribution is 0.0398. The Morgan fingerprint density at radius 3 is 2.72 bits per heavy atom. The number of hydrogen-bond acceptors (Lipinski definition) is 9. The summed E-state index contributed by atoms with van der Waals surface area (Å²) in [5, 5.41) is 16.2. The molecule has 1 aliphatic heterocycles. The number of benzene rings is 1. The summed E-state index contributed by atoms with van der Waals surface area (Å²) in [5.41, 5.74) is 0.603. The van der Waals surface area contributed by atoms with Gasteiger partial charge in [0.25, 0.3) is 0 Å². The van der Waals surface area contributed by atoms with Crippen LogP contribution in [0.25, 0.3) is 5.65 Å². The number of fused-ring (bicyclic) bond motifs is 1. The van der Waals surface area contributed by atoms with Crippen molar-refractivity contribution in [1.82, 2.24) is 29.4 Å². The van der Waals surface area contributed by atoms with E-state index >= 15 is 0 Å². The molecule has 2 N–H and O–H groups in total. The van der Waals surface area contributed by atoms with Crippen LogP contribution >= 0.6 is 0 Å². The van der Waals surface area contributed by atoms with Crippen LogP contribution in [0.2, 0.25) is 0 Å². The van der Waals surface area contributed by atoms with Crippen LogP contribution in [-0.2, 0) is 21.2 Å². The Hall–Kier alpha value is -2.80. The SMILES string of the molecule is COc1ccccc1S(=O)(=O)NCCc1nnc2ccc(NCCN3CCOCC3)nn12. The molecule has 1 aromatic carbocycles. The highest BCUT2D eigenvalue weighted by atomic mass is 32.2. The Balaban J connectivity index is 1.36. The molecule has 2 aromatic heterocycles. The molecule has 0 radical (unpaired) electrons. The molecule has 0 unspecified atom stereocenters. The van der Waals surface area contributed by atoms with Gasteiger partial charge in [0, 0.05) is 39.1 Å². The van der Waals surface area contributed by atoms with Crippen LogP contribution in [0.4, 0.5) is 5.82 Å². The molecular weight excluding hydrogens is 434 g/mol. The van der Waals surface area contributed by atoms with E-state index in [0.29, 0.717) is 29.5 Å². The van der Waals surface area contributed by atoms with E-state index in [1.165, 1.54) is 13.2 Å². The van der Waals surface area contributed by atoms with E-state index in [9.17, 15) is 8.42 Å². The normalized spacial score (nSPS) is 15.2. The van der Waals surface area contributed by atoms with Gasteiger partial charge in [0.1, 0.15) is 16.5 Å². The van der Waals surface area contributed by atoms with Crippen molar-refractivity contribution in [2.24, 2.45) is 0 Å². The number of methoxy groups -OCH3 is 1. The van der Waals surface area contributed by atoms with Gasteiger partial charge in [-0.05, 0) is 24.3 Å². The first-order valence-corrected chi connectivity index (χ1v) is 11.9. The highest BCUT2D eigenvalue weighted by Gasteiger charge is 2.19. The maximum absolute atomic E-state index is 12.6. The monoisotopic (exact) mass is 461 g/mol. The molecule has 1 aliphatic rings. The molecule has 0 aliphatic carbocycles. The summed E-state index contributed by atoms with van der Waals surface area (Å²) >= 11 is 0. The number of para-hydroxylation sites is 1. The van der Waals surface area contributed by atoms with Gasteiger partial charge < -0.3 is 14.8 Å². The Bertz CT molecular complexity index is 1150. The van der Waals surface area contributed by atoms with E-state index < -0.39 is 10.0 Å². The van der Waals surface area contributed by atoms with Crippen LogP contribution in [0.1, 0.15) is 5.82 Å². The van der Waals surface area contributed by atoms with Gasteiger partial charge in [-0.15, -0.1) is 15.3 Å². The van der Waals surface area contributed by atoms with Gasteiger partial charge in [-0.25, -0.2) is 13.1 Å². The van der Waals surface area contributed by atoms with Crippen LogP contribution in [0, 0.1) is 0 Å². The number of nitrogens with one attached hydrogen (secondary N) is 2. The minimum atomic E-state index is -3.72. The van der Waals surface area contributed by atoms with Gasteiger partial charge in [-0.2, -0.15) is 4.52 Å². The first-order valence-electron chi connectivity index (χ1n) is 10.4. The summed E-state index contributed by atoms with van der Waals surface area (Å²) in [5.74, 6) is 1.57. The molecular formula is C20H27N7O4S. The molecule has 172 valence electrons. The fourth-order valence-corrected chi connectivity index (χ4v) is 4.67. The molecule has 0 amide bonds. The lowest BCUT2D eigenvalue weighted by Crippen LogP contribution is -2.39. The predicted molar refractivity (Wildman–Crippen MR) is 118 cm³/mol. The van der Waals surface area contributed by atoms with Crippen molar-refractivity contribution < 1.29 is 17.9 Å². The molecule has 12 heteroatoms. The van der Waals surface area contributed by atoms with Crippen molar-refractivity contribution >= 4 is 21.5 Å². The van der Waals surface area contributed by atoms with Crippen LogP contribution < -0.4 is 14.8 Å². The standard InChI is InChI=1S/C20H27N7O4S/c1-30-16-4-2-3-5-17(16)32(28,29)22-9-8-20-24-23-19-7-6-18(25-27(19)20)21-10-11-26-12-14-31-15-13-26/h2-7,22H,8-15H2,1H3,(H,21,25). The van der Waals surface area contributed by atoms with Crippen LogP contribution in [0.15, 0.2) is 41.3 Å². The van der Waals surface area contributed by atoms with Crippen molar-refractivity contribution in [3.05, 3.63) is 42.2 Å². The number of morpholine rings is 1. The Morgan fingerprint density at radius 1 is 1.09 bits per heavy atom. The summed E-state index contributed by atoms with van der Waals surface area (Å²) in [7, 11) is -2.28. The third-order valence-corrected chi connectivity index (χ3v) is 6.66. The van der Waals surface area contributed by atoms with Gasteiger partial charge >= 0.3 is 0 Å². The molecule has 11 nitrogen and oxygen atoms in total. The second kappa shape index (κ2) is 10.2. The molecule has 4 rings (SSSR count). The van der Waals surface area contributed by atoms with Crippen molar-refractivity contribution in [3.63, 3.8) is 0 Å². The molecule has 0 spiro atoms. The van der Waals surface area contributed by atoms with Gasteiger partial charge in [0.2, 0.25) is 10.0 Å². The van der Waals surface area contributed by atoms with Crippen LogP contribution in [0.5, 0.6) is 5.75 Å². The van der Waals surface area contributed by atoms with Crippen LogP contribution in [0.3, 0.4) is 0 Å². The van der Waals surface area contributed by atoms with Gasteiger partial charge in [-0.3, -0.25) is 4.90 Å². The van der Waals surface area contributed by atoms with E-state index in [1.54, 1.807) is 22.7 Å². The molecule has 0 atom stereocenters. The van der Waals surface area contributed by atoms with Gasteiger partial charge in [-0.1, -0.05) is 12.1 Å². The molecule has 3 aromatic rings. The number of anilines is 1. The second-order valence-corrected chi connectivity index (χ2v) is 9.02. The fourth-order valence-electron chi connectivity index (χ4n) is 3.47. The highest BCUT2D eigenvalue weighted by Crippen LogP contribution is 2.22. The van der Waals surface area contributed by atoms with Crippen molar-refractivity contribution in [1.29, 1.82) is 0 Å². The molecule has 3 heterocycles. The zero-order chi connectivity index (χ0) is 22.4. The third-order valence-electron chi connectivity index (χ3n) is 5.16. The molecule has 32 heavy (non-hydrogen) atoms. The van der Waals surface area contributed by atoms with E-state index in [4.69, 9.17) is 9.47 Å². The lowest BCUT2D eigenvalue weighted by atomic mass is 10.3. The average Bonchev–Trinajstić information content (AvgIpc) is 3.22. The number of rotatable bonds is 10. The number of sulfonamides is 1. The van der Waals surface area contributed by atoms with Gasteiger partial charge in [0.15, 0.2) is 11.5 Å². The zero-order valence-corrected chi connectivity index (χ0v) is 18.7. The topological polar surface area (TPSA) is 123 Å². The second-order valence-electron chi connectivity index (χ2n) is 7.28. The highest BCUT2D eigenvalue weighted by molar-refractivity contribution is 7.89. The smallest absolute Gasteiger partial charge is 0.244 e. The van der Waals surface area contributed by atoms with Gasteiger partial charge in [0.05, 0.1) is 20.3 Å². The number of hydrogen-bond donors (Lipinski definition) is 2. The third kappa shape index (κ3) is 5.33. The largest absolute Gasteiger partial charge is 0.495 e. The Morgan fingerprint density at radius 2 is 1.91 bits per heavy atom. The summed E-state index contributed by atoms with van der Waals surface area (Å²) < 4.78 is 40.0. The summed E-state index contributed by atoms with van der Waals surface area (Å²) in [6.45, 7) is 5.24. The summed E-state index contributed by atoms with van der Waals surface area (Å²) in [6.07, 6.45) is 0.333. The molecule has 0 saturated carbocycles. The zero-order valence-electron chi connectivity index (χ0n) is 17.9. The van der Waals surface area contributed by atoms with Crippen molar-refractivity contribution in [3.8, 4) is 5.75 Å². The van der Waals surface area contributed by atoms with E-state index in [-0.39, 0.29) is 11.4 Å². The van der Waals surface area contributed by atoms with E-state index in [2.05, 4.69) is 30.2 Å². The Kier molecular flexibility index (Phi) is 7.15. The number of aromatic nitrogens is 4. The van der Waals surface area contributed by atoms with Crippen LogP contribution in [-0.4, -0.2) is 86.2 Å². The maximum Gasteiger partial charge on any atom is 0.244 e. The van der Waals surface area contributed by atoms with E-state index in [1.807, 2.05) is 12.1 Å². The molecule has 1 fully saturated rings. The number of ether oxygens (including phenoxy) is 2. The first-order chi connectivity index (χ1) is 15.6. The fraction of sp³-hybridized carbons (Fsp3) is 0.450. The van der Waals surface area contributed by atoms with Crippen molar-refractivity contribution in [2.45, 2.75) is 11.3 Å². The Labute approximate surface area is 186 Å². The predicted octanol–water partition coefficient (Wildman–Crippen LogP) is 0.398. The summed E-state index contributed by atoms with van der Waals surface area (Å²) in [4.78, 5) is 2.44. The lowest BCUT2D eigenvalue weighted by Gasteiger charge is -2.26. The summed E-state index contributed by atoms with van der Waals surface area (Å²) in [6, 6.07) is 10.2. The van der Waals surface area contributed by atoms with E-state index in [0.717, 1.165) is 39.4 Å². The minimum absolute atomic E-state index is 0.0958.